The molecule has 0 amide bonds. The topological polar surface area (TPSA) is 24.9 Å². The Morgan fingerprint density at radius 1 is 1.22 bits per heavy atom. The predicted octanol–water partition coefficient (Wildman–Crippen LogP) is 4.80. The fourth-order valence-corrected chi connectivity index (χ4v) is 2.23. The first-order chi connectivity index (χ1) is 8.74. The number of hydrogen-bond donors (Lipinski definition) is 1. The number of anilines is 1. The summed E-state index contributed by atoms with van der Waals surface area (Å²) in [5.74, 6) is 0.841. The highest BCUT2D eigenvalue weighted by molar-refractivity contribution is 8.03. The summed E-state index contributed by atoms with van der Waals surface area (Å²) in [7, 11) is 0. The van der Waals surface area contributed by atoms with Gasteiger partial charge in [-0.2, -0.15) is 0 Å². The van der Waals surface area contributed by atoms with Crippen LogP contribution in [-0.2, 0) is 0 Å². The van der Waals surface area contributed by atoms with E-state index in [4.69, 9.17) is 11.6 Å². The Morgan fingerprint density at radius 2 is 2.00 bits per heavy atom. The molecule has 18 heavy (non-hydrogen) atoms. The van der Waals surface area contributed by atoms with Crippen molar-refractivity contribution in [3.8, 4) is 0 Å². The number of allylic oxidation sites excluding steroid dienone is 1. The molecule has 0 atom stereocenters. The first kappa shape index (κ1) is 13.0. The molecule has 2 aromatic rings. The first-order valence-electron chi connectivity index (χ1n) is 5.52. The molecule has 0 unspecified atom stereocenters. The van der Waals surface area contributed by atoms with Crippen molar-refractivity contribution in [1.82, 2.24) is 4.98 Å². The number of benzene rings is 1. The summed E-state index contributed by atoms with van der Waals surface area (Å²) >= 11 is 7.53. The van der Waals surface area contributed by atoms with E-state index >= 15 is 0 Å². The zero-order chi connectivity index (χ0) is 12.8. The third kappa shape index (κ3) is 4.09. The monoisotopic (exact) mass is 276 g/mol. The number of aromatic nitrogens is 1. The Hall–Kier alpha value is -1.45. The van der Waals surface area contributed by atoms with Crippen LogP contribution in [0, 0.1) is 0 Å². The Kier molecular flexibility index (Phi) is 4.67. The van der Waals surface area contributed by atoms with Gasteiger partial charge in [-0.15, -0.1) is 0 Å². The Labute approximate surface area is 116 Å². The molecule has 0 saturated heterocycles. The van der Waals surface area contributed by atoms with E-state index in [1.165, 1.54) is 0 Å². The van der Waals surface area contributed by atoms with Crippen molar-refractivity contribution in [2.75, 3.05) is 5.32 Å². The second kappa shape index (κ2) is 6.47. The SMILES string of the molecule is C/C(=C\Nc1ccccn1)Sc1ccc(Cl)cc1. The highest BCUT2D eigenvalue weighted by Crippen LogP contribution is 2.27. The number of halogens is 1. The maximum atomic E-state index is 5.84. The van der Waals surface area contributed by atoms with E-state index in [9.17, 15) is 0 Å². The minimum absolute atomic E-state index is 0.757. The molecule has 2 rings (SSSR count). The molecule has 0 aliphatic heterocycles. The second-order valence-electron chi connectivity index (χ2n) is 3.67. The van der Waals surface area contributed by atoms with Gasteiger partial charge in [-0.05, 0) is 43.3 Å². The van der Waals surface area contributed by atoms with Crippen LogP contribution in [-0.4, -0.2) is 4.98 Å². The van der Waals surface area contributed by atoms with Gasteiger partial charge in [0.2, 0.25) is 0 Å². The Bertz CT molecular complexity index is 523. The van der Waals surface area contributed by atoms with Crippen LogP contribution >= 0.6 is 23.4 Å². The summed E-state index contributed by atoms with van der Waals surface area (Å²) in [6.07, 6.45) is 3.71. The van der Waals surface area contributed by atoms with Crippen LogP contribution in [0.4, 0.5) is 5.82 Å². The largest absolute Gasteiger partial charge is 0.346 e. The molecular formula is C14H13ClN2S. The number of nitrogens with one attached hydrogen (secondary N) is 1. The fraction of sp³-hybridized carbons (Fsp3) is 0.0714. The lowest BCUT2D eigenvalue weighted by atomic mass is 10.4. The lowest BCUT2D eigenvalue weighted by Crippen LogP contribution is -1.90. The zero-order valence-corrected chi connectivity index (χ0v) is 11.5. The molecule has 1 N–H and O–H groups in total. The van der Waals surface area contributed by atoms with E-state index in [1.54, 1.807) is 18.0 Å². The van der Waals surface area contributed by atoms with Crippen LogP contribution in [0.2, 0.25) is 5.02 Å². The van der Waals surface area contributed by atoms with Crippen molar-refractivity contribution < 1.29 is 0 Å². The summed E-state index contributed by atoms with van der Waals surface area (Å²) in [5.41, 5.74) is 0. The summed E-state index contributed by atoms with van der Waals surface area (Å²) < 4.78 is 0. The second-order valence-corrected chi connectivity index (χ2v) is 5.43. The summed E-state index contributed by atoms with van der Waals surface area (Å²) in [6, 6.07) is 13.6. The maximum Gasteiger partial charge on any atom is 0.129 e. The van der Waals surface area contributed by atoms with Gasteiger partial charge >= 0.3 is 0 Å². The Balaban J connectivity index is 1.95. The number of nitrogens with zero attached hydrogens (tertiary/aromatic N) is 1. The lowest BCUT2D eigenvalue weighted by molar-refractivity contribution is 1.30. The maximum absolute atomic E-state index is 5.84. The van der Waals surface area contributed by atoms with Crippen molar-refractivity contribution >= 4 is 29.2 Å². The number of pyridine rings is 1. The first-order valence-corrected chi connectivity index (χ1v) is 6.71. The summed E-state index contributed by atoms with van der Waals surface area (Å²) in [5, 5.41) is 3.91. The van der Waals surface area contributed by atoms with Crippen molar-refractivity contribution in [3.63, 3.8) is 0 Å². The molecule has 0 bridgehead atoms. The molecule has 0 saturated carbocycles. The molecule has 1 heterocycles. The van der Waals surface area contributed by atoms with Crippen molar-refractivity contribution in [1.29, 1.82) is 0 Å². The van der Waals surface area contributed by atoms with Gasteiger partial charge in [-0.3, -0.25) is 0 Å². The minimum atomic E-state index is 0.757. The number of rotatable bonds is 4. The van der Waals surface area contributed by atoms with E-state index < -0.39 is 0 Å². The normalized spacial score (nSPS) is 11.3. The molecule has 4 heteroatoms. The van der Waals surface area contributed by atoms with E-state index in [0.717, 1.165) is 20.6 Å². The lowest BCUT2D eigenvalue weighted by Gasteiger charge is -2.03. The molecule has 1 aromatic heterocycles. The van der Waals surface area contributed by atoms with Crippen LogP contribution < -0.4 is 5.32 Å². The quantitative estimate of drug-likeness (QED) is 0.812. The van der Waals surface area contributed by atoms with Gasteiger partial charge in [0, 0.05) is 27.2 Å². The fourth-order valence-electron chi connectivity index (χ4n) is 1.34. The van der Waals surface area contributed by atoms with E-state index in [1.807, 2.05) is 48.7 Å². The third-order valence-corrected chi connectivity index (χ3v) is 3.38. The van der Waals surface area contributed by atoms with E-state index in [-0.39, 0.29) is 0 Å². The van der Waals surface area contributed by atoms with Gasteiger partial charge in [-0.1, -0.05) is 29.4 Å². The van der Waals surface area contributed by atoms with Crippen LogP contribution in [0.5, 0.6) is 0 Å². The average molecular weight is 277 g/mol. The van der Waals surface area contributed by atoms with E-state index in [2.05, 4.69) is 17.2 Å². The summed E-state index contributed by atoms with van der Waals surface area (Å²) in [6.45, 7) is 2.05. The Morgan fingerprint density at radius 3 is 2.67 bits per heavy atom. The van der Waals surface area contributed by atoms with Crippen LogP contribution in [0.25, 0.3) is 0 Å². The summed E-state index contributed by atoms with van der Waals surface area (Å²) in [4.78, 5) is 6.51. The molecule has 0 radical (unpaired) electrons. The molecular weight excluding hydrogens is 264 g/mol. The van der Waals surface area contributed by atoms with Crippen molar-refractivity contribution in [2.45, 2.75) is 11.8 Å². The molecule has 92 valence electrons. The number of thioether (sulfide) groups is 1. The minimum Gasteiger partial charge on any atom is -0.346 e. The van der Waals surface area contributed by atoms with Gasteiger partial charge in [0.15, 0.2) is 0 Å². The van der Waals surface area contributed by atoms with E-state index in [0.29, 0.717) is 0 Å². The third-order valence-electron chi connectivity index (χ3n) is 2.18. The predicted molar refractivity (Wildman–Crippen MR) is 78.9 cm³/mol. The molecule has 0 aliphatic rings. The molecule has 2 nitrogen and oxygen atoms in total. The van der Waals surface area contributed by atoms with Gasteiger partial charge in [0.1, 0.15) is 5.82 Å². The zero-order valence-electron chi connectivity index (χ0n) is 9.93. The van der Waals surface area contributed by atoms with Crippen LogP contribution in [0.15, 0.2) is 64.7 Å². The van der Waals surface area contributed by atoms with Crippen LogP contribution in [0.1, 0.15) is 6.92 Å². The smallest absolute Gasteiger partial charge is 0.129 e. The van der Waals surface area contributed by atoms with Crippen molar-refractivity contribution in [3.05, 3.63) is 64.8 Å². The van der Waals surface area contributed by atoms with Crippen molar-refractivity contribution in [2.24, 2.45) is 0 Å². The molecule has 0 spiro atoms. The average Bonchev–Trinajstić information content (AvgIpc) is 2.40. The van der Waals surface area contributed by atoms with Crippen LogP contribution in [0.3, 0.4) is 0 Å². The molecule has 0 fully saturated rings. The standard InChI is InChI=1S/C14H13ClN2S/c1-11(10-17-14-4-2-3-9-16-14)18-13-7-5-12(15)6-8-13/h2-10H,1H3,(H,16,17)/b11-10+. The van der Waals surface area contributed by atoms with Gasteiger partial charge in [0.05, 0.1) is 0 Å². The van der Waals surface area contributed by atoms with Gasteiger partial charge < -0.3 is 5.32 Å². The molecule has 0 aliphatic carbocycles. The highest BCUT2D eigenvalue weighted by Gasteiger charge is 1.96. The molecule has 1 aromatic carbocycles. The van der Waals surface area contributed by atoms with Gasteiger partial charge in [-0.25, -0.2) is 4.98 Å². The highest BCUT2D eigenvalue weighted by atomic mass is 35.5. The number of hydrogen-bond acceptors (Lipinski definition) is 3. The van der Waals surface area contributed by atoms with Gasteiger partial charge in [0.25, 0.3) is 0 Å².